The zero-order valence-electron chi connectivity index (χ0n) is 11.3. The first-order valence-corrected chi connectivity index (χ1v) is 5.93. The van der Waals surface area contributed by atoms with Crippen molar-refractivity contribution in [3.63, 3.8) is 0 Å². The van der Waals surface area contributed by atoms with Crippen LogP contribution in [0.5, 0.6) is 0 Å². The summed E-state index contributed by atoms with van der Waals surface area (Å²) < 4.78 is 0. The van der Waals surface area contributed by atoms with Crippen LogP contribution in [-0.2, 0) is 0 Å². The summed E-state index contributed by atoms with van der Waals surface area (Å²) in [6, 6.07) is 1.92. The number of carboxylic acids is 1. The molecule has 1 heterocycles. The predicted octanol–water partition coefficient (Wildman–Crippen LogP) is 1.24. The Balaban J connectivity index is 2.60. The molecule has 0 bridgehead atoms. The molecule has 1 aromatic heterocycles. The van der Waals surface area contributed by atoms with E-state index in [4.69, 9.17) is 5.11 Å². The van der Waals surface area contributed by atoms with Gasteiger partial charge >= 0.3 is 5.97 Å². The van der Waals surface area contributed by atoms with Gasteiger partial charge < -0.3 is 15.3 Å². The number of hydrogen-bond acceptors (Lipinski definition) is 5. The first-order chi connectivity index (χ1) is 8.40. The Kier molecular flexibility index (Phi) is 5.03. The number of carbonyl (C=O) groups is 1. The van der Waals surface area contributed by atoms with Crippen molar-refractivity contribution in [1.82, 2.24) is 14.9 Å². The van der Waals surface area contributed by atoms with Crippen LogP contribution in [0.3, 0.4) is 0 Å². The van der Waals surface area contributed by atoms with E-state index >= 15 is 0 Å². The van der Waals surface area contributed by atoms with Crippen molar-refractivity contribution in [2.75, 3.05) is 25.5 Å². The fraction of sp³-hybridized carbons (Fsp3) is 0.583. The van der Waals surface area contributed by atoms with Crippen LogP contribution in [0.1, 0.15) is 30.0 Å². The van der Waals surface area contributed by atoms with E-state index in [1.807, 2.05) is 7.05 Å². The van der Waals surface area contributed by atoms with Crippen molar-refractivity contribution >= 4 is 11.9 Å². The van der Waals surface area contributed by atoms with E-state index in [0.717, 1.165) is 6.54 Å². The lowest BCUT2D eigenvalue weighted by molar-refractivity contribution is 0.0690. The normalized spacial score (nSPS) is 11.0. The molecule has 0 atom stereocenters. The molecular weight excluding hydrogens is 232 g/mol. The van der Waals surface area contributed by atoms with Gasteiger partial charge in [-0.3, -0.25) is 0 Å². The van der Waals surface area contributed by atoms with Gasteiger partial charge in [0.15, 0.2) is 5.69 Å². The molecule has 1 rings (SSSR count). The van der Waals surface area contributed by atoms with Gasteiger partial charge in [0, 0.05) is 24.8 Å². The highest BCUT2D eigenvalue weighted by Crippen LogP contribution is 2.04. The summed E-state index contributed by atoms with van der Waals surface area (Å²) >= 11 is 0. The third-order valence-corrected chi connectivity index (χ3v) is 2.70. The fourth-order valence-electron chi connectivity index (χ4n) is 1.36. The van der Waals surface area contributed by atoms with Gasteiger partial charge in [-0.1, -0.05) is 0 Å². The van der Waals surface area contributed by atoms with E-state index in [0.29, 0.717) is 24.2 Å². The zero-order valence-corrected chi connectivity index (χ0v) is 11.3. The van der Waals surface area contributed by atoms with E-state index in [9.17, 15) is 4.79 Å². The van der Waals surface area contributed by atoms with Gasteiger partial charge in [-0.25, -0.2) is 14.8 Å². The molecule has 0 unspecified atom stereocenters. The van der Waals surface area contributed by atoms with E-state index in [1.54, 1.807) is 6.92 Å². The number of aryl methyl sites for hydroxylation is 1. The van der Waals surface area contributed by atoms with E-state index in [-0.39, 0.29) is 5.69 Å². The van der Waals surface area contributed by atoms with Crippen LogP contribution >= 0.6 is 0 Å². The van der Waals surface area contributed by atoms with Crippen LogP contribution in [0, 0.1) is 6.92 Å². The molecule has 0 saturated heterocycles. The smallest absolute Gasteiger partial charge is 0.354 e. The lowest BCUT2D eigenvalue weighted by atomic mass is 10.3. The summed E-state index contributed by atoms with van der Waals surface area (Å²) in [4.78, 5) is 21.1. The van der Waals surface area contributed by atoms with Crippen LogP contribution in [0.25, 0.3) is 0 Å². The summed E-state index contributed by atoms with van der Waals surface area (Å²) in [6.07, 6.45) is 0. The second-order valence-electron chi connectivity index (χ2n) is 4.52. The number of hydrogen-bond donors (Lipinski definition) is 2. The molecule has 0 aliphatic rings. The number of aromatic nitrogens is 2. The van der Waals surface area contributed by atoms with Crippen molar-refractivity contribution in [3.8, 4) is 0 Å². The zero-order chi connectivity index (χ0) is 13.7. The molecule has 0 fully saturated rings. The van der Waals surface area contributed by atoms with Gasteiger partial charge in [-0.2, -0.15) is 0 Å². The first-order valence-electron chi connectivity index (χ1n) is 5.93. The van der Waals surface area contributed by atoms with Crippen LogP contribution in [0.15, 0.2) is 6.07 Å². The molecule has 18 heavy (non-hydrogen) atoms. The van der Waals surface area contributed by atoms with Gasteiger partial charge in [-0.15, -0.1) is 0 Å². The average molecular weight is 252 g/mol. The first kappa shape index (κ1) is 14.4. The van der Waals surface area contributed by atoms with Crippen molar-refractivity contribution < 1.29 is 9.90 Å². The Morgan fingerprint density at radius 2 is 2.17 bits per heavy atom. The topological polar surface area (TPSA) is 78.3 Å². The highest BCUT2D eigenvalue weighted by atomic mass is 16.4. The van der Waals surface area contributed by atoms with Crippen molar-refractivity contribution in [1.29, 1.82) is 0 Å². The van der Waals surface area contributed by atoms with Crippen LogP contribution in [0.2, 0.25) is 0 Å². The molecule has 2 N–H and O–H groups in total. The standard InChI is InChI=1S/C12H20N4O2/c1-8(2)16(4)6-5-13-12-14-9(3)7-10(15-12)11(17)18/h7-8H,5-6H2,1-4H3,(H,17,18)(H,13,14,15). The lowest BCUT2D eigenvalue weighted by Gasteiger charge is -2.20. The van der Waals surface area contributed by atoms with Gasteiger partial charge in [0.1, 0.15) is 0 Å². The minimum atomic E-state index is -1.04. The van der Waals surface area contributed by atoms with Crippen molar-refractivity contribution in [2.45, 2.75) is 26.8 Å². The van der Waals surface area contributed by atoms with Gasteiger partial charge in [-0.05, 0) is 33.9 Å². The molecule has 0 aliphatic carbocycles. The summed E-state index contributed by atoms with van der Waals surface area (Å²) in [5.41, 5.74) is 0.657. The van der Waals surface area contributed by atoms with Crippen LogP contribution in [-0.4, -0.2) is 52.1 Å². The molecule has 0 aromatic carbocycles. The molecule has 0 spiro atoms. The van der Waals surface area contributed by atoms with Gasteiger partial charge in [0.2, 0.25) is 5.95 Å². The Morgan fingerprint density at radius 1 is 1.50 bits per heavy atom. The monoisotopic (exact) mass is 252 g/mol. The Labute approximate surface area is 107 Å². The average Bonchev–Trinajstić information content (AvgIpc) is 2.27. The quantitative estimate of drug-likeness (QED) is 0.793. The Bertz CT molecular complexity index is 421. The van der Waals surface area contributed by atoms with Crippen molar-refractivity contribution in [3.05, 3.63) is 17.5 Å². The van der Waals surface area contributed by atoms with E-state index < -0.39 is 5.97 Å². The SMILES string of the molecule is Cc1cc(C(=O)O)nc(NCCN(C)C(C)C)n1. The second-order valence-corrected chi connectivity index (χ2v) is 4.52. The maximum atomic E-state index is 10.9. The van der Waals surface area contributed by atoms with Crippen LogP contribution < -0.4 is 5.32 Å². The fourth-order valence-corrected chi connectivity index (χ4v) is 1.36. The molecule has 0 amide bonds. The molecule has 0 aliphatic heterocycles. The Morgan fingerprint density at radius 3 is 2.72 bits per heavy atom. The minimum Gasteiger partial charge on any atom is -0.477 e. The molecule has 6 heteroatoms. The molecule has 0 saturated carbocycles. The highest BCUT2D eigenvalue weighted by Gasteiger charge is 2.08. The molecular formula is C12H20N4O2. The number of aromatic carboxylic acids is 1. The second kappa shape index (κ2) is 6.30. The molecule has 1 aromatic rings. The molecule has 0 radical (unpaired) electrons. The summed E-state index contributed by atoms with van der Waals surface area (Å²) in [7, 11) is 2.03. The molecule has 6 nitrogen and oxygen atoms in total. The number of anilines is 1. The number of nitrogens with one attached hydrogen (secondary N) is 1. The minimum absolute atomic E-state index is 0.0159. The summed E-state index contributed by atoms with van der Waals surface area (Å²) in [5.74, 6) is -0.674. The third kappa shape index (κ3) is 4.29. The highest BCUT2D eigenvalue weighted by molar-refractivity contribution is 5.85. The maximum absolute atomic E-state index is 10.9. The number of likely N-dealkylation sites (N-methyl/N-ethyl adjacent to an activating group) is 1. The molecule has 100 valence electrons. The van der Waals surface area contributed by atoms with Gasteiger partial charge in [0.25, 0.3) is 0 Å². The maximum Gasteiger partial charge on any atom is 0.354 e. The van der Waals surface area contributed by atoms with E-state index in [2.05, 4.69) is 34.0 Å². The number of rotatable bonds is 6. The lowest BCUT2D eigenvalue weighted by Crippen LogP contribution is -2.31. The van der Waals surface area contributed by atoms with E-state index in [1.165, 1.54) is 6.07 Å². The summed E-state index contributed by atoms with van der Waals surface area (Å²) in [6.45, 7) is 7.51. The van der Waals surface area contributed by atoms with Crippen molar-refractivity contribution in [2.24, 2.45) is 0 Å². The third-order valence-electron chi connectivity index (χ3n) is 2.70. The predicted molar refractivity (Wildman–Crippen MR) is 70.0 cm³/mol. The van der Waals surface area contributed by atoms with Crippen LogP contribution in [0.4, 0.5) is 5.95 Å². The largest absolute Gasteiger partial charge is 0.477 e. The number of nitrogens with zero attached hydrogens (tertiary/aromatic N) is 3. The summed E-state index contributed by atoms with van der Waals surface area (Å²) in [5, 5.41) is 11.9. The number of carboxylic acid groups (broad SMARTS) is 1. The Hall–Kier alpha value is -1.69. The van der Waals surface area contributed by atoms with Gasteiger partial charge in [0.05, 0.1) is 0 Å².